The summed E-state index contributed by atoms with van der Waals surface area (Å²) in [5.74, 6) is -0.402. The maximum Gasteiger partial charge on any atom is 0.342 e. The van der Waals surface area contributed by atoms with Gasteiger partial charge >= 0.3 is 5.97 Å². The molecule has 8 bridgehead atoms. The van der Waals surface area contributed by atoms with E-state index >= 15 is 0 Å². The molecular formula is C31H34N4O2. The molecule has 37 heavy (non-hydrogen) atoms. The Hall–Kier alpha value is -3.93. The number of carbonyl (C=O) groups is 1. The van der Waals surface area contributed by atoms with Gasteiger partial charge in [-0.15, -0.1) is 0 Å². The summed E-state index contributed by atoms with van der Waals surface area (Å²) in [6, 6.07) is 6.34. The van der Waals surface area contributed by atoms with Crippen molar-refractivity contribution in [2.45, 2.75) is 62.3 Å². The van der Waals surface area contributed by atoms with Gasteiger partial charge in [0.2, 0.25) is 0 Å². The second-order valence-electron chi connectivity index (χ2n) is 10.1. The number of H-pyrrole nitrogens is 2. The van der Waals surface area contributed by atoms with E-state index < -0.39 is 5.97 Å². The summed E-state index contributed by atoms with van der Waals surface area (Å²) in [5, 5.41) is 0. The van der Waals surface area contributed by atoms with E-state index in [1.807, 2.05) is 20.8 Å². The van der Waals surface area contributed by atoms with Crippen molar-refractivity contribution in [2.24, 2.45) is 0 Å². The second kappa shape index (κ2) is 8.87. The van der Waals surface area contributed by atoms with E-state index in [1.54, 1.807) is 0 Å². The van der Waals surface area contributed by atoms with Gasteiger partial charge in [0.15, 0.2) is 0 Å². The van der Waals surface area contributed by atoms with Gasteiger partial charge in [-0.25, -0.2) is 14.8 Å². The molecule has 5 heterocycles. The van der Waals surface area contributed by atoms with E-state index in [2.05, 4.69) is 69.7 Å². The maximum absolute atomic E-state index is 13.4. The number of carbonyl (C=O) groups excluding carboxylic acids is 1. The third-order valence-electron chi connectivity index (χ3n) is 8.15. The Labute approximate surface area is 217 Å². The van der Waals surface area contributed by atoms with Crippen molar-refractivity contribution < 1.29 is 9.53 Å². The van der Waals surface area contributed by atoms with E-state index in [1.165, 1.54) is 22.3 Å². The number of aromatic amines is 2. The van der Waals surface area contributed by atoms with Gasteiger partial charge in [-0.3, -0.25) is 0 Å². The van der Waals surface area contributed by atoms with Crippen LogP contribution >= 0.6 is 0 Å². The lowest BCUT2D eigenvalue weighted by Gasteiger charge is -2.08. The van der Waals surface area contributed by atoms with Crippen LogP contribution in [0.15, 0.2) is 18.2 Å². The van der Waals surface area contributed by atoms with Crippen LogP contribution in [-0.4, -0.2) is 32.5 Å². The normalized spacial score (nSPS) is 13.5. The molecule has 0 radical (unpaired) electrons. The third-order valence-corrected chi connectivity index (χ3v) is 8.15. The zero-order chi connectivity index (χ0) is 26.8. The van der Waals surface area contributed by atoms with E-state index in [9.17, 15) is 4.79 Å². The Kier molecular flexibility index (Phi) is 5.94. The predicted molar refractivity (Wildman–Crippen MR) is 152 cm³/mol. The molecule has 0 aromatic carbocycles. The van der Waals surface area contributed by atoms with Gasteiger partial charge in [-0.1, -0.05) is 0 Å². The fourth-order valence-corrected chi connectivity index (χ4v) is 5.06. The summed E-state index contributed by atoms with van der Waals surface area (Å²) in [5.41, 5.74) is 16.2. The van der Waals surface area contributed by atoms with Crippen molar-refractivity contribution in [2.75, 3.05) is 6.61 Å². The fourth-order valence-electron chi connectivity index (χ4n) is 5.06. The second-order valence-corrected chi connectivity index (χ2v) is 10.1. The minimum Gasteiger partial charge on any atom is -0.462 e. The average molecular weight is 495 g/mol. The molecule has 3 aromatic rings. The number of fused-ring (bicyclic) bond motifs is 8. The number of aryl methyl sites for hydroxylation is 4. The average Bonchev–Trinajstić information content (AvgIpc) is 3.48. The standard InChI is InChI=1S/C31H34N4O2/c1-10-37-31(36)28-29-20(8)18(6)26(34-29)12-24-16(4)14(2)22(32-24)11-23-15(3)17(5)25(33-23)13-27-19(7)21(9)30(28)35-27/h11-13,32-33H,10H2,1-9H3. The predicted octanol–water partition coefficient (Wildman–Crippen LogP) is 7.63. The number of ether oxygens (including phenoxy) is 1. The lowest BCUT2D eigenvalue weighted by molar-refractivity contribution is 0.0525. The van der Waals surface area contributed by atoms with Gasteiger partial charge in [0.1, 0.15) is 5.56 Å². The van der Waals surface area contributed by atoms with E-state index in [-0.39, 0.29) is 6.61 Å². The quantitative estimate of drug-likeness (QED) is 0.359. The van der Waals surface area contributed by atoms with Crippen molar-refractivity contribution in [1.29, 1.82) is 0 Å². The largest absolute Gasteiger partial charge is 0.462 e. The summed E-state index contributed by atoms with van der Waals surface area (Å²) >= 11 is 0. The lowest BCUT2D eigenvalue weighted by Crippen LogP contribution is -2.10. The van der Waals surface area contributed by atoms with Crippen LogP contribution in [0.3, 0.4) is 0 Å². The highest BCUT2D eigenvalue weighted by Crippen LogP contribution is 2.37. The Morgan fingerprint density at radius 2 is 1.03 bits per heavy atom. The Bertz CT molecular complexity index is 1610. The summed E-state index contributed by atoms with van der Waals surface area (Å²) in [6.07, 6.45) is 0. The molecule has 6 heteroatoms. The summed E-state index contributed by atoms with van der Waals surface area (Å²) in [6.45, 7) is 18.7. The molecule has 0 aliphatic carbocycles. The molecule has 0 fully saturated rings. The minimum absolute atomic E-state index is 0.279. The van der Waals surface area contributed by atoms with Crippen LogP contribution in [0.25, 0.3) is 44.4 Å². The molecular weight excluding hydrogens is 460 g/mol. The Balaban J connectivity index is 2.04. The van der Waals surface area contributed by atoms with Gasteiger partial charge in [0.05, 0.1) is 29.4 Å². The zero-order valence-corrected chi connectivity index (χ0v) is 23.2. The van der Waals surface area contributed by atoms with Gasteiger partial charge in [0.25, 0.3) is 0 Å². The molecule has 2 aliphatic heterocycles. The van der Waals surface area contributed by atoms with Crippen molar-refractivity contribution in [3.8, 4) is 0 Å². The number of hydrogen-bond donors (Lipinski definition) is 2. The van der Waals surface area contributed by atoms with Crippen molar-refractivity contribution in [3.05, 3.63) is 68.8 Å². The molecule has 190 valence electrons. The summed E-state index contributed by atoms with van der Waals surface area (Å²) < 4.78 is 5.53. The van der Waals surface area contributed by atoms with E-state index in [4.69, 9.17) is 14.7 Å². The Morgan fingerprint density at radius 3 is 1.41 bits per heavy atom. The highest BCUT2D eigenvalue weighted by Gasteiger charge is 2.28. The lowest BCUT2D eigenvalue weighted by atomic mass is 10.00. The van der Waals surface area contributed by atoms with Gasteiger partial charge in [0, 0.05) is 22.1 Å². The van der Waals surface area contributed by atoms with Crippen LogP contribution in [0.4, 0.5) is 0 Å². The van der Waals surface area contributed by atoms with Crippen LogP contribution in [0, 0.1) is 27.7 Å². The number of allylic oxidation sites excluding steroid dienone is 4. The Morgan fingerprint density at radius 1 is 0.649 bits per heavy atom. The molecule has 0 atom stereocenters. The first-order chi connectivity index (χ1) is 17.5. The first kappa shape index (κ1) is 24.8. The monoisotopic (exact) mass is 494 g/mol. The topological polar surface area (TPSA) is 83.7 Å². The molecule has 0 saturated heterocycles. The highest BCUT2D eigenvalue weighted by atomic mass is 16.5. The van der Waals surface area contributed by atoms with Gasteiger partial charge < -0.3 is 14.7 Å². The van der Waals surface area contributed by atoms with Crippen LogP contribution in [-0.2, 0) is 4.74 Å². The SMILES string of the molecule is CCOC(=O)c1c2nc(cc3[nH]c(cc4[nH]c(cc5nc1C(C)=C5C)c(C)c4C)c(C)c3C)C(C)=C2C. The van der Waals surface area contributed by atoms with Crippen molar-refractivity contribution in [1.82, 2.24) is 19.9 Å². The summed E-state index contributed by atoms with van der Waals surface area (Å²) in [4.78, 5) is 30.6. The van der Waals surface area contributed by atoms with Gasteiger partial charge in [-0.2, -0.15) is 0 Å². The number of nitrogens with zero attached hydrogens (tertiary/aromatic N) is 2. The van der Waals surface area contributed by atoms with Gasteiger partial charge in [-0.05, 0) is 125 Å². The molecule has 3 aromatic heterocycles. The number of rotatable bonds is 2. The molecule has 2 aliphatic rings. The fraction of sp³-hybridized carbons (Fsp3) is 0.323. The van der Waals surface area contributed by atoms with E-state index in [0.717, 1.165) is 55.7 Å². The van der Waals surface area contributed by atoms with Crippen molar-refractivity contribution >= 4 is 50.3 Å². The minimum atomic E-state index is -0.402. The first-order valence-electron chi connectivity index (χ1n) is 12.8. The zero-order valence-electron chi connectivity index (χ0n) is 23.2. The molecule has 6 nitrogen and oxygen atoms in total. The van der Waals surface area contributed by atoms with Crippen LogP contribution in [0.5, 0.6) is 0 Å². The van der Waals surface area contributed by atoms with Crippen LogP contribution < -0.4 is 0 Å². The number of esters is 1. The van der Waals surface area contributed by atoms with E-state index in [0.29, 0.717) is 17.0 Å². The third kappa shape index (κ3) is 3.82. The summed E-state index contributed by atoms with van der Waals surface area (Å²) in [7, 11) is 0. The maximum atomic E-state index is 13.4. The number of aromatic nitrogens is 4. The first-order valence-corrected chi connectivity index (χ1v) is 12.8. The van der Waals surface area contributed by atoms with Crippen LogP contribution in [0.1, 0.15) is 90.0 Å². The highest BCUT2D eigenvalue weighted by molar-refractivity contribution is 6.06. The smallest absolute Gasteiger partial charge is 0.342 e. The molecule has 0 spiro atoms. The molecule has 0 unspecified atom stereocenters. The van der Waals surface area contributed by atoms with Crippen LogP contribution in [0.2, 0.25) is 0 Å². The molecule has 5 rings (SSSR count). The van der Waals surface area contributed by atoms with Crippen molar-refractivity contribution in [3.63, 3.8) is 0 Å². The number of nitrogens with one attached hydrogen (secondary N) is 2. The molecule has 2 N–H and O–H groups in total. The molecule has 0 amide bonds. The number of hydrogen-bond acceptors (Lipinski definition) is 4. The molecule has 0 saturated carbocycles.